The van der Waals surface area contributed by atoms with Crippen molar-refractivity contribution in [3.05, 3.63) is 59.1 Å². The minimum atomic E-state index is -0.693. The molecule has 3 rings (SSSR count). The lowest BCUT2D eigenvalue weighted by molar-refractivity contribution is -0.138. The zero-order valence-corrected chi connectivity index (χ0v) is 11.0. The maximum Gasteiger partial charge on any atom is 0.307 e. The lowest BCUT2D eigenvalue weighted by Crippen LogP contribution is -1.98. The lowest BCUT2D eigenvalue weighted by Gasteiger charge is -2.05. The average molecular weight is 273 g/mol. The van der Waals surface area contributed by atoms with Crippen molar-refractivity contribution in [3.8, 4) is 11.1 Å². The van der Waals surface area contributed by atoms with Gasteiger partial charge in [-0.1, -0.05) is 48.0 Å². The van der Waals surface area contributed by atoms with E-state index in [-0.39, 0.29) is 11.8 Å². The van der Waals surface area contributed by atoms with Gasteiger partial charge in [-0.05, 0) is 41.2 Å². The molecular formula is C16H13ClO2. The van der Waals surface area contributed by atoms with E-state index in [0.29, 0.717) is 5.02 Å². The zero-order valence-electron chi connectivity index (χ0n) is 10.2. The molecule has 1 saturated carbocycles. The van der Waals surface area contributed by atoms with Crippen LogP contribution in [0.4, 0.5) is 0 Å². The molecule has 0 aliphatic heterocycles. The minimum absolute atomic E-state index is 0.171. The quantitative estimate of drug-likeness (QED) is 0.909. The molecule has 3 heteroatoms. The fourth-order valence-corrected chi connectivity index (χ4v) is 2.55. The summed E-state index contributed by atoms with van der Waals surface area (Å²) in [5.74, 6) is -0.730. The summed E-state index contributed by atoms with van der Waals surface area (Å²) in [5, 5.41) is 9.70. The molecule has 0 amide bonds. The Morgan fingerprint density at radius 1 is 1.11 bits per heavy atom. The lowest BCUT2D eigenvalue weighted by atomic mass is 10.0. The van der Waals surface area contributed by atoms with Crippen LogP contribution < -0.4 is 0 Å². The van der Waals surface area contributed by atoms with Crippen molar-refractivity contribution in [1.82, 2.24) is 0 Å². The molecule has 96 valence electrons. The van der Waals surface area contributed by atoms with Gasteiger partial charge >= 0.3 is 5.97 Å². The Morgan fingerprint density at radius 2 is 1.84 bits per heavy atom. The van der Waals surface area contributed by atoms with Crippen LogP contribution in [0.3, 0.4) is 0 Å². The molecule has 0 radical (unpaired) electrons. The van der Waals surface area contributed by atoms with Gasteiger partial charge in [-0.25, -0.2) is 0 Å². The Bertz CT molecular complexity index is 619. The Hall–Kier alpha value is -1.80. The van der Waals surface area contributed by atoms with Gasteiger partial charge in [0.05, 0.1) is 5.92 Å². The molecule has 0 spiro atoms. The number of rotatable bonds is 3. The van der Waals surface area contributed by atoms with Gasteiger partial charge in [0, 0.05) is 5.02 Å². The molecule has 1 aliphatic carbocycles. The first-order chi connectivity index (χ1) is 9.15. The molecule has 2 unspecified atom stereocenters. The Kier molecular flexibility index (Phi) is 3.03. The Morgan fingerprint density at radius 3 is 2.47 bits per heavy atom. The van der Waals surface area contributed by atoms with Gasteiger partial charge in [-0.2, -0.15) is 0 Å². The van der Waals surface area contributed by atoms with E-state index in [0.717, 1.165) is 23.1 Å². The van der Waals surface area contributed by atoms with Crippen molar-refractivity contribution in [3.63, 3.8) is 0 Å². The predicted octanol–water partition coefficient (Wildman–Crippen LogP) is 4.20. The number of carboxylic acids is 1. The molecule has 19 heavy (non-hydrogen) atoms. The summed E-state index contributed by atoms with van der Waals surface area (Å²) in [6.45, 7) is 0. The van der Waals surface area contributed by atoms with E-state index in [1.165, 1.54) is 0 Å². The number of halogens is 1. The third kappa shape index (κ3) is 2.49. The first kappa shape index (κ1) is 12.2. The summed E-state index contributed by atoms with van der Waals surface area (Å²) >= 11 is 5.88. The molecule has 0 heterocycles. The summed E-state index contributed by atoms with van der Waals surface area (Å²) < 4.78 is 0. The summed E-state index contributed by atoms with van der Waals surface area (Å²) in [7, 11) is 0. The van der Waals surface area contributed by atoms with Crippen molar-refractivity contribution in [2.45, 2.75) is 12.3 Å². The highest BCUT2D eigenvalue weighted by atomic mass is 35.5. The molecular weight excluding hydrogens is 260 g/mol. The second-order valence-corrected chi connectivity index (χ2v) is 5.36. The smallest absolute Gasteiger partial charge is 0.307 e. The van der Waals surface area contributed by atoms with Gasteiger partial charge in [-0.15, -0.1) is 0 Å². The molecule has 0 saturated heterocycles. The van der Waals surface area contributed by atoms with Gasteiger partial charge < -0.3 is 5.11 Å². The van der Waals surface area contributed by atoms with Crippen molar-refractivity contribution in [1.29, 1.82) is 0 Å². The molecule has 1 N–H and O–H groups in total. The minimum Gasteiger partial charge on any atom is -0.481 e. The van der Waals surface area contributed by atoms with Crippen LogP contribution in [0.15, 0.2) is 48.5 Å². The first-order valence-electron chi connectivity index (χ1n) is 6.24. The number of benzene rings is 2. The summed E-state index contributed by atoms with van der Waals surface area (Å²) in [4.78, 5) is 10.9. The summed E-state index contributed by atoms with van der Waals surface area (Å²) in [6.07, 6.45) is 0.749. The van der Waals surface area contributed by atoms with Crippen molar-refractivity contribution < 1.29 is 9.90 Å². The van der Waals surface area contributed by atoms with Crippen molar-refractivity contribution in [2.24, 2.45) is 5.92 Å². The van der Waals surface area contributed by atoms with E-state index in [4.69, 9.17) is 16.7 Å². The van der Waals surface area contributed by atoms with Gasteiger partial charge in [0.2, 0.25) is 0 Å². The molecule has 2 atom stereocenters. The van der Waals surface area contributed by atoms with E-state index in [1.54, 1.807) is 0 Å². The van der Waals surface area contributed by atoms with Gasteiger partial charge in [0.1, 0.15) is 0 Å². The van der Waals surface area contributed by atoms with E-state index in [2.05, 4.69) is 6.07 Å². The molecule has 2 aromatic rings. The second kappa shape index (κ2) is 4.71. The van der Waals surface area contributed by atoms with E-state index in [9.17, 15) is 4.79 Å². The van der Waals surface area contributed by atoms with Crippen LogP contribution in [-0.2, 0) is 4.79 Å². The number of aliphatic carboxylic acids is 1. The summed E-state index contributed by atoms with van der Waals surface area (Å²) in [6, 6.07) is 15.8. The van der Waals surface area contributed by atoms with Crippen LogP contribution in [0.2, 0.25) is 5.02 Å². The molecule has 1 aliphatic rings. The molecule has 2 nitrogen and oxygen atoms in total. The van der Waals surface area contributed by atoms with Crippen LogP contribution in [-0.4, -0.2) is 11.1 Å². The topological polar surface area (TPSA) is 37.3 Å². The molecule has 2 aromatic carbocycles. The fraction of sp³-hybridized carbons (Fsp3) is 0.188. The maximum absolute atomic E-state index is 10.9. The number of carbonyl (C=O) groups is 1. The van der Waals surface area contributed by atoms with Crippen LogP contribution in [0.1, 0.15) is 17.9 Å². The van der Waals surface area contributed by atoms with E-state index >= 15 is 0 Å². The van der Waals surface area contributed by atoms with Gasteiger partial charge in [-0.3, -0.25) is 4.79 Å². The van der Waals surface area contributed by atoms with Crippen molar-refractivity contribution in [2.75, 3.05) is 0 Å². The van der Waals surface area contributed by atoms with Crippen LogP contribution in [0.25, 0.3) is 11.1 Å². The maximum atomic E-state index is 10.9. The predicted molar refractivity (Wildman–Crippen MR) is 75.4 cm³/mol. The summed E-state index contributed by atoms with van der Waals surface area (Å²) in [5.41, 5.74) is 3.31. The van der Waals surface area contributed by atoms with Gasteiger partial charge in [0.25, 0.3) is 0 Å². The number of hydrogen-bond donors (Lipinski definition) is 1. The number of hydrogen-bond acceptors (Lipinski definition) is 1. The van der Waals surface area contributed by atoms with E-state index in [1.807, 2.05) is 42.5 Å². The monoisotopic (exact) mass is 272 g/mol. The van der Waals surface area contributed by atoms with Crippen LogP contribution in [0.5, 0.6) is 0 Å². The van der Waals surface area contributed by atoms with Crippen molar-refractivity contribution >= 4 is 17.6 Å². The zero-order chi connectivity index (χ0) is 13.4. The molecule has 1 fully saturated rings. The third-order valence-corrected chi connectivity index (χ3v) is 3.85. The highest BCUT2D eigenvalue weighted by molar-refractivity contribution is 6.30. The third-order valence-electron chi connectivity index (χ3n) is 3.60. The van der Waals surface area contributed by atoms with Gasteiger partial charge in [0.15, 0.2) is 0 Å². The second-order valence-electron chi connectivity index (χ2n) is 4.92. The van der Waals surface area contributed by atoms with Crippen LogP contribution >= 0.6 is 11.6 Å². The Balaban J connectivity index is 1.88. The first-order valence-corrected chi connectivity index (χ1v) is 6.61. The standard InChI is InChI=1S/C16H13ClO2/c17-13-6-4-10(5-7-13)11-2-1-3-12(8-11)14-9-15(14)16(18)19/h1-8,14-15H,9H2,(H,18,19). The largest absolute Gasteiger partial charge is 0.481 e. The highest BCUT2D eigenvalue weighted by Crippen LogP contribution is 2.48. The molecule has 0 bridgehead atoms. The Labute approximate surface area is 116 Å². The average Bonchev–Trinajstić information content (AvgIpc) is 3.20. The molecule has 0 aromatic heterocycles. The highest BCUT2D eigenvalue weighted by Gasteiger charge is 2.44. The fourth-order valence-electron chi connectivity index (χ4n) is 2.43. The number of carboxylic acid groups (broad SMARTS) is 1. The normalized spacial score (nSPS) is 21.1. The van der Waals surface area contributed by atoms with E-state index < -0.39 is 5.97 Å². The van der Waals surface area contributed by atoms with Crippen LogP contribution in [0, 0.1) is 5.92 Å². The SMILES string of the molecule is O=C(O)C1CC1c1cccc(-c2ccc(Cl)cc2)c1.